The Hall–Kier alpha value is -2.93. The Balaban J connectivity index is 1.49. The van der Waals surface area contributed by atoms with Gasteiger partial charge in [-0.25, -0.2) is 9.97 Å². The SMILES string of the molecule is N#CCCN(Cc1ccco1)C(=O)CSc1nc(CN2CCOCC2)nc2ccccc12. The van der Waals surface area contributed by atoms with Crippen LogP contribution >= 0.6 is 11.8 Å². The van der Waals surface area contributed by atoms with E-state index in [1.807, 2.05) is 30.3 Å². The summed E-state index contributed by atoms with van der Waals surface area (Å²) in [5, 5.41) is 10.7. The highest BCUT2D eigenvalue weighted by Crippen LogP contribution is 2.26. The van der Waals surface area contributed by atoms with Gasteiger partial charge >= 0.3 is 0 Å². The Kier molecular flexibility index (Phi) is 7.72. The lowest BCUT2D eigenvalue weighted by atomic mass is 10.2. The Bertz CT molecular complexity index is 1080. The van der Waals surface area contributed by atoms with Crippen LogP contribution in [0.4, 0.5) is 0 Å². The highest BCUT2D eigenvalue weighted by atomic mass is 32.2. The molecule has 0 N–H and O–H groups in total. The molecular formula is C23H25N5O3S. The molecule has 166 valence electrons. The van der Waals surface area contributed by atoms with Crippen LogP contribution in [0.3, 0.4) is 0 Å². The largest absolute Gasteiger partial charge is 0.467 e. The molecule has 1 aliphatic heterocycles. The number of morpholine rings is 1. The Morgan fingerprint density at radius 3 is 2.81 bits per heavy atom. The molecule has 0 spiro atoms. The molecule has 3 aromatic rings. The van der Waals surface area contributed by atoms with E-state index >= 15 is 0 Å². The smallest absolute Gasteiger partial charge is 0.233 e. The normalized spacial score (nSPS) is 14.3. The summed E-state index contributed by atoms with van der Waals surface area (Å²) < 4.78 is 10.8. The second-order valence-electron chi connectivity index (χ2n) is 7.44. The van der Waals surface area contributed by atoms with E-state index in [-0.39, 0.29) is 18.1 Å². The maximum absolute atomic E-state index is 13.0. The quantitative estimate of drug-likeness (QED) is 0.362. The van der Waals surface area contributed by atoms with Crippen LogP contribution in [0.15, 0.2) is 52.1 Å². The van der Waals surface area contributed by atoms with Gasteiger partial charge in [0.25, 0.3) is 0 Å². The van der Waals surface area contributed by atoms with E-state index in [4.69, 9.17) is 24.4 Å². The summed E-state index contributed by atoms with van der Waals surface area (Å²) in [6, 6.07) is 13.6. The molecule has 1 aliphatic rings. The summed E-state index contributed by atoms with van der Waals surface area (Å²) in [6.45, 7) is 4.53. The maximum Gasteiger partial charge on any atom is 0.233 e. The first-order valence-electron chi connectivity index (χ1n) is 10.6. The van der Waals surface area contributed by atoms with E-state index in [0.717, 1.165) is 48.1 Å². The van der Waals surface area contributed by atoms with Crippen molar-refractivity contribution < 1.29 is 13.9 Å². The average Bonchev–Trinajstić information content (AvgIpc) is 3.34. The highest BCUT2D eigenvalue weighted by Gasteiger charge is 2.18. The number of rotatable bonds is 9. The molecule has 0 saturated carbocycles. The zero-order chi connectivity index (χ0) is 22.2. The number of nitriles is 1. The zero-order valence-corrected chi connectivity index (χ0v) is 18.6. The third kappa shape index (κ3) is 5.85. The minimum atomic E-state index is -0.0564. The molecule has 0 unspecified atom stereocenters. The predicted molar refractivity (Wildman–Crippen MR) is 121 cm³/mol. The van der Waals surface area contributed by atoms with Crippen molar-refractivity contribution >= 4 is 28.6 Å². The number of amides is 1. The Morgan fingerprint density at radius 1 is 1.19 bits per heavy atom. The van der Waals surface area contributed by atoms with Crippen molar-refractivity contribution in [3.8, 4) is 6.07 Å². The summed E-state index contributed by atoms with van der Waals surface area (Å²) in [5.74, 6) is 1.61. The number of aromatic nitrogens is 2. The van der Waals surface area contributed by atoms with Crippen molar-refractivity contribution in [1.82, 2.24) is 19.8 Å². The third-order valence-electron chi connectivity index (χ3n) is 5.19. The first-order valence-corrected chi connectivity index (χ1v) is 11.6. The van der Waals surface area contributed by atoms with Crippen molar-refractivity contribution in [3.05, 3.63) is 54.2 Å². The van der Waals surface area contributed by atoms with Gasteiger partial charge < -0.3 is 14.1 Å². The molecule has 0 aliphatic carbocycles. The lowest BCUT2D eigenvalue weighted by Gasteiger charge is -2.26. The van der Waals surface area contributed by atoms with Gasteiger partial charge in [0, 0.05) is 25.0 Å². The molecule has 2 aromatic heterocycles. The van der Waals surface area contributed by atoms with Gasteiger partial charge in [-0.2, -0.15) is 5.26 Å². The van der Waals surface area contributed by atoms with E-state index in [2.05, 4.69) is 11.0 Å². The molecule has 8 nitrogen and oxygen atoms in total. The van der Waals surface area contributed by atoms with Crippen molar-refractivity contribution in [3.63, 3.8) is 0 Å². The number of ether oxygens (including phenoxy) is 1. The highest BCUT2D eigenvalue weighted by molar-refractivity contribution is 8.00. The standard InChI is InChI=1S/C23H25N5O3S/c24-8-4-9-28(15-18-5-3-12-31-18)22(29)17-32-23-19-6-1-2-7-20(19)25-21(26-23)16-27-10-13-30-14-11-27/h1-3,5-7,12H,4,9-11,13-17H2. The number of benzene rings is 1. The van der Waals surface area contributed by atoms with Crippen LogP contribution in [0.25, 0.3) is 10.9 Å². The second kappa shape index (κ2) is 11.1. The first kappa shape index (κ1) is 22.3. The Morgan fingerprint density at radius 2 is 2.03 bits per heavy atom. The van der Waals surface area contributed by atoms with Crippen molar-refractivity contribution in [2.75, 3.05) is 38.6 Å². The molecule has 1 saturated heterocycles. The average molecular weight is 452 g/mol. The number of furan rings is 1. The number of thioether (sulfide) groups is 1. The van der Waals surface area contributed by atoms with Crippen LogP contribution in [-0.4, -0.2) is 64.3 Å². The van der Waals surface area contributed by atoms with Crippen LogP contribution < -0.4 is 0 Å². The molecule has 32 heavy (non-hydrogen) atoms. The van der Waals surface area contributed by atoms with Gasteiger partial charge in [0.05, 0.1) is 56.3 Å². The minimum absolute atomic E-state index is 0.0564. The fraction of sp³-hybridized carbons (Fsp3) is 0.391. The number of carbonyl (C=O) groups excluding carboxylic acids is 1. The van der Waals surface area contributed by atoms with Gasteiger partial charge in [-0.3, -0.25) is 9.69 Å². The van der Waals surface area contributed by atoms with Gasteiger partial charge in [0.15, 0.2) is 0 Å². The fourth-order valence-corrected chi connectivity index (χ4v) is 4.46. The number of carbonyl (C=O) groups is 1. The number of nitrogens with zero attached hydrogens (tertiary/aromatic N) is 5. The topological polar surface area (TPSA) is 95.5 Å². The summed E-state index contributed by atoms with van der Waals surface area (Å²) in [4.78, 5) is 26.4. The second-order valence-corrected chi connectivity index (χ2v) is 8.41. The maximum atomic E-state index is 13.0. The molecule has 4 rings (SSSR count). The van der Waals surface area contributed by atoms with E-state index in [0.29, 0.717) is 25.4 Å². The molecule has 9 heteroatoms. The van der Waals surface area contributed by atoms with Gasteiger partial charge in [0.1, 0.15) is 16.6 Å². The zero-order valence-electron chi connectivity index (χ0n) is 17.8. The van der Waals surface area contributed by atoms with Gasteiger partial charge in [0.2, 0.25) is 5.91 Å². The van der Waals surface area contributed by atoms with E-state index in [9.17, 15) is 4.79 Å². The lowest BCUT2D eigenvalue weighted by Crippen LogP contribution is -2.36. The number of para-hydroxylation sites is 1. The summed E-state index contributed by atoms with van der Waals surface area (Å²) in [7, 11) is 0. The number of hydrogen-bond donors (Lipinski definition) is 0. The predicted octanol–water partition coefficient (Wildman–Crippen LogP) is 3.09. The molecule has 0 radical (unpaired) electrons. The van der Waals surface area contributed by atoms with Gasteiger partial charge in [-0.05, 0) is 18.2 Å². The molecule has 0 atom stereocenters. The monoisotopic (exact) mass is 451 g/mol. The van der Waals surface area contributed by atoms with Crippen molar-refractivity contribution in [2.24, 2.45) is 0 Å². The van der Waals surface area contributed by atoms with E-state index < -0.39 is 0 Å². The fourth-order valence-electron chi connectivity index (χ4n) is 3.52. The summed E-state index contributed by atoms with van der Waals surface area (Å²) in [5.41, 5.74) is 0.873. The van der Waals surface area contributed by atoms with Crippen molar-refractivity contribution in [1.29, 1.82) is 5.26 Å². The number of fused-ring (bicyclic) bond motifs is 1. The van der Waals surface area contributed by atoms with E-state index in [1.54, 1.807) is 17.2 Å². The number of hydrogen-bond acceptors (Lipinski definition) is 8. The van der Waals surface area contributed by atoms with Crippen LogP contribution in [-0.2, 0) is 22.6 Å². The summed E-state index contributed by atoms with van der Waals surface area (Å²) >= 11 is 1.41. The van der Waals surface area contributed by atoms with E-state index in [1.165, 1.54) is 11.8 Å². The van der Waals surface area contributed by atoms with Crippen LogP contribution in [0.5, 0.6) is 0 Å². The first-order chi connectivity index (χ1) is 15.7. The molecular weight excluding hydrogens is 426 g/mol. The summed E-state index contributed by atoms with van der Waals surface area (Å²) in [6.07, 6.45) is 1.86. The Labute approximate surface area is 191 Å². The van der Waals surface area contributed by atoms with Gasteiger partial charge in [-0.15, -0.1) is 0 Å². The van der Waals surface area contributed by atoms with Crippen LogP contribution in [0.2, 0.25) is 0 Å². The minimum Gasteiger partial charge on any atom is -0.467 e. The van der Waals surface area contributed by atoms with Crippen LogP contribution in [0.1, 0.15) is 18.0 Å². The van der Waals surface area contributed by atoms with Crippen LogP contribution in [0, 0.1) is 11.3 Å². The molecule has 1 amide bonds. The molecule has 1 fully saturated rings. The lowest BCUT2D eigenvalue weighted by molar-refractivity contribution is -0.129. The van der Waals surface area contributed by atoms with Crippen molar-refractivity contribution in [2.45, 2.75) is 24.5 Å². The third-order valence-corrected chi connectivity index (χ3v) is 6.16. The molecule has 1 aromatic carbocycles. The molecule has 3 heterocycles. The molecule has 0 bridgehead atoms. The van der Waals surface area contributed by atoms with Gasteiger partial charge in [-0.1, -0.05) is 30.0 Å².